The molecule has 4 aliphatic rings. The fourth-order valence-corrected chi connectivity index (χ4v) is 15.2. The van der Waals surface area contributed by atoms with E-state index in [9.17, 15) is 0 Å². The van der Waals surface area contributed by atoms with Gasteiger partial charge in [0.05, 0.1) is 42.5 Å². The van der Waals surface area contributed by atoms with Gasteiger partial charge in [-0.15, -0.1) is 0 Å². The normalized spacial score (nSPS) is 14.9. The van der Waals surface area contributed by atoms with Gasteiger partial charge in [0.1, 0.15) is 16.7 Å². The number of aliphatic imine (C=N–C) groups is 1. The summed E-state index contributed by atoms with van der Waals surface area (Å²) in [4.78, 5) is 14.6. The summed E-state index contributed by atoms with van der Waals surface area (Å²) in [5.74, 6) is 0. The zero-order valence-corrected chi connectivity index (χ0v) is 50.3. The molecule has 0 spiro atoms. The summed E-state index contributed by atoms with van der Waals surface area (Å²) in [6.07, 6.45) is 20.0. The second kappa shape index (κ2) is 20.5. The standard InChI is InChI=1S/C80H61N5O2Si/c1-88(2,3)61-31-32-63-72(47-61)87-79-70(85-50-60-27-16-17-28-62(60)64-45-58(29-33-68(64)85)54-23-12-6-13-24-54)49-66-74(75(63)79)76-67(48-69(84-40-18-39-81-51-84)73-65-46-59(55-25-14-7-15-26-55)30-34-71(65)86-80(73)76)78(83-43-37-57(38-44-83)53-21-10-5-11-22-53)77(66)82-41-35-56(36-42-82)52-19-8-4-9-20-52/h4-39,41,43,45-49,51H,40,42,44,50H2,1-3H3. The van der Waals surface area contributed by atoms with Crippen molar-refractivity contribution >= 4 is 125 Å². The molecule has 0 radical (unpaired) electrons. The van der Waals surface area contributed by atoms with Crippen LogP contribution in [0.25, 0.3) is 110 Å². The molecule has 88 heavy (non-hydrogen) atoms. The van der Waals surface area contributed by atoms with Gasteiger partial charge < -0.3 is 28.4 Å². The van der Waals surface area contributed by atoms with Gasteiger partial charge in [0.25, 0.3) is 0 Å². The third kappa shape index (κ3) is 8.50. The number of allylic oxidation sites excluding steroid dienone is 4. The molecule has 0 aliphatic carbocycles. The van der Waals surface area contributed by atoms with Crippen molar-refractivity contribution in [1.29, 1.82) is 0 Å². The average Bonchev–Trinajstić information content (AvgIpc) is 1.56. The van der Waals surface area contributed by atoms with Crippen LogP contribution in [0.1, 0.15) is 16.7 Å². The zero-order chi connectivity index (χ0) is 58.6. The highest BCUT2D eigenvalue weighted by molar-refractivity contribution is 6.88. The van der Waals surface area contributed by atoms with Gasteiger partial charge in [-0.3, -0.25) is 0 Å². The van der Waals surface area contributed by atoms with Crippen LogP contribution in [0.3, 0.4) is 0 Å². The molecule has 0 saturated heterocycles. The van der Waals surface area contributed by atoms with Gasteiger partial charge in [0.2, 0.25) is 0 Å². The Morgan fingerprint density at radius 2 is 0.989 bits per heavy atom. The van der Waals surface area contributed by atoms with Crippen molar-refractivity contribution in [2.45, 2.75) is 26.2 Å². The first kappa shape index (κ1) is 51.7. The topological polar surface area (TPSA) is 51.6 Å². The number of hydrogen-bond acceptors (Lipinski definition) is 7. The lowest BCUT2D eigenvalue weighted by Crippen LogP contribution is -2.37. The minimum atomic E-state index is -1.83. The smallest absolute Gasteiger partial charge is 0.159 e. The van der Waals surface area contributed by atoms with Gasteiger partial charge in [-0.1, -0.05) is 207 Å². The molecule has 0 atom stereocenters. The predicted octanol–water partition coefficient (Wildman–Crippen LogP) is 20.2. The van der Waals surface area contributed by atoms with E-state index in [1.807, 2.05) is 12.5 Å². The lowest BCUT2D eigenvalue weighted by Gasteiger charge is -2.36. The third-order valence-corrected chi connectivity index (χ3v) is 20.4. The molecule has 6 heterocycles. The van der Waals surface area contributed by atoms with Crippen molar-refractivity contribution in [1.82, 2.24) is 0 Å². The van der Waals surface area contributed by atoms with E-state index in [-0.39, 0.29) is 0 Å². The van der Waals surface area contributed by atoms with Crippen molar-refractivity contribution < 1.29 is 8.83 Å². The fraction of sp³-hybridized carbons (Fsp3) is 0.0875. The minimum Gasteiger partial charge on any atom is -0.455 e. The van der Waals surface area contributed by atoms with Crippen LogP contribution in [0.15, 0.2) is 275 Å². The van der Waals surface area contributed by atoms with Crippen LogP contribution in [0.4, 0.5) is 28.4 Å². The summed E-state index contributed by atoms with van der Waals surface area (Å²) in [6.45, 7) is 9.80. The molecule has 0 amide bonds. The molecule has 0 N–H and O–H groups in total. The quantitative estimate of drug-likeness (QED) is 0.106. The van der Waals surface area contributed by atoms with E-state index in [4.69, 9.17) is 13.8 Å². The highest BCUT2D eigenvalue weighted by Crippen LogP contribution is 2.57. The lowest BCUT2D eigenvalue weighted by molar-refractivity contribution is 0.668. The van der Waals surface area contributed by atoms with E-state index in [0.717, 1.165) is 105 Å². The Morgan fingerprint density at radius 1 is 0.409 bits per heavy atom. The lowest BCUT2D eigenvalue weighted by atomic mass is 9.88. The minimum absolute atomic E-state index is 0.627. The molecule has 17 rings (SSSR count). The fourth-order valence-electron chi connectivity index (χ4n) is 14.0. The Balaban J connectivity index is 1.04. The third-order valence-electron chi connectivity index (χ3n) is 18.4. The maximum Gasteiger partial charge on any atom is 0.159 e. The summed E-state index contributed by atoms with van der Waals surface area (Å²) in [6, 6.07) is 77.6. The highest BCUT2D eigenvalue weighted by Gasteiger charge is 2.34. The molecule has 13 aromatic rings. The van der Waals surface area contributed by atoms with E-state index in [0.29, 0.717) is 26.2 Å². The van der Waals surface area contributed by atoms with Crippen LogP contribution < -0.4 is 24.8 Å². The van der Waals surface area contributed by atoms with Crippen LogP contribution in [-0.2, 0) is 6.54 Å². The SMILES string of the molecule is C[Si](C)(C)c1ccc2c(c1)oc1c(N3Cc4ccccc4-c4cc(-c5ccccc5)ccc43)cc3c(N4C=CC(c5ccccc5)=CC4)c(N4C=CC(c5ccccc5)=CC4)c4cc(N5C=NC=CC5)c5c6cc(-c7ccccc7)ccc6oc5c4c3c12. The molecule has 0 saturated carbocycles. The first-order valence-corrected chi connectivity index (χ1v) is 34.1. The maximum atomic E-state index is 7.68. The monoisotopic (exact) mass is 1150 g/mol. The van der Waals surface area contributed by atoms with Crippen molar-refractivity contribution in [2.24, 2.45) is 4.99 Å². The summed E-state index contributed by atoms with van der Waals surface area (Å²) < 4.78 is 15.3. The van der Waals surface area contributed by atoms with E-state index >= 15 is 0 Å². The molecular formula is C80H61N5O2Si. The summed E-state index contributed by atoms with van der Waals surface area (Å²) >= 11 is 0. The molecule has 422 valence electrons. The maximum absolute atomic E-state index is 7.68. The van der Waals surface area contributed by atoms with Crippen LogP contribution in [-0.4, -0.2) is 34.0 Å². The average molecular weight is 1150 g/mol. The zero-order valence-electron chi connectivity index (χ0n) is 49.3. The number of nitrogens with zero attached hydrogens (tertiary/aromatic N) is 5. The summed E-state index contributed by atoms with van der Waals surface area (Å²) in [5.41, 5.74) is 21.8. The van der Waals surface area contributed by atoms with Crippen molar-refractivity contribution in [3.8, 4) is 33.4 Å². The Bertz CT molecular complexity index is 5200. The number of furan rings is 2. The van der Waals surface area contributed by atoms with Crippen molar-refractivity contribution in [3.63, 3.8) is 0 Å². The van der Waals surface area contributed by atoms with Gasteiger partial charge in [-0.05, 0) is 116 Å². The summed E-state index contributed by atoms with van der Waals surface area (Å²) in [5, 5.41) is 9.85. The number of fused-ring (bicyclic) bond motifs is 14. The largest absolute Gasteiger partial charge is 0.455 e. The van der Waals surface area contributed by atoms with Gasteiger partial charge >= 0.3 is 0 Å². The molecule has 7 nitrogen and oxygen atoms in total. The number of hydrogen-bond donors (Lipinski definition) is 0. The molecule has 2 aromatic heterocycles. The highest BCUT2D eigenvalue weighted by atomic mass is 28.3. The van der Waals surface area contributed by atoms with E-state index < -0.39 is 8.07 Å². The molecule has 11 aromatic carbocycles. The number of benzene rings is 11. The molecule has 8 heteroatoms. The van der Waals surface area contributed by atoms with Gasteiger partial charge in [0, 0.05) is 93.7 Å². The van der Waals surface area contributed by atoms with Gasteiger partial charge in [-0.25, -0.2) is 4.99 Å². The first-order chi connectivity index (χ1) is 43.3. The second-order valence-electron chi connectivity index (χ2n) is 24.6. The molecule has 4 aliphatic heterocycles. The molecule has 0 bridgehead atoms. The Hall–Kier alpha value is -10.7. The van der Waals surface area contributed by atoms with Crippen molar-refractivity contribution in [3.05, 3.63) is 278 Å². The van der Waals surface area contributed by atoms with Crippen LogP contribution >= 0.6 is 0 Å². The molecular weight excluding hydrogens is 1090 g/mol. The van der Waals surface area contributed by atoms with E-state index in [1.165, 1.54) is 55.3 Å². The first-order valence-electron chi connectivity index (χ1n) is 30.6. The second-order valence-corrected chi connectivity index (χ2v) is 29.7. The predicted molar refractivity (Wildman–Crippen MR) is 374 cm³/mol. The van der Waals surface area contributed by atoms with Crippen molar-refractivity contribution in [2.75, 3.05) is 39.2 Å². The Morgan fingerprint density at radius 3 is 1.61 bits per heavy atom. The number of anilines is 5. The summed E-state index contributed by atoms with van der Waals surface area (Å²) in [7, 11) is -1.83. The van der Waals surface area contributed by atoms with E-state index in [2.05, 4.69) is 294 Å². The van der Waals surface area contributed by atoms with Crippen LogP contribution in [0, 0.1) is 0 Å². The van der Waals surface area contributed by atoms with Gasteiger partial charge in [-0.2, -0.15) is 0 Å². The Kier molecular flexibility index (Phi) is 12.1. The van der Waals surface area contributed by atoms with Gasteiger partial charge in [0.15, 0.2) is 5.58 Å². The molecule has 0 fully saturated rings. The van der Waals surface area contributed by atoms with E-state index in [1.54, 1.807) is 0 Å². The number of rotatable bonds is 9. The van der Waals surface area contributed by atoms with Crippen LogP contribution in [0.5, 0.6) is 0 Å². The molecule has 0 unspecified atom stereocenters. The Labute approximate surface area is 512 Å². The van der Waals surface area contributed by atoms with Crippen LogP contribution in [0.2, 0.25) is 19.6 Å².